The van der Waals surface area contributed by atoms with E-state index in [1.54, 1.807) is 0 Å². The lowest BCUT2D eigenvalue weighted by Gasteiger charge is -2.27. The van der Waals surface area contributed by atoms with Gasteiger partial charge in [-0.2, -0.15) is 4.31 Å². The minimum Gasteiger partial charge on any atom is -0.379 e. The standard InChI is InChI=1S/C17H19N3O5S/c1-13-2-4-14(5-3-13)18-16-7-6-15(20(21)22)12-17(16)26(23,24)19-8-10-25-11-9-19/h2-7,12,18H,8-11H2,1H3. The molecule has 0 spiro atoms. The van der Waals surface area contributed by atoms with Crippen LogP contribution in [0.25, 0.3) is 0 Å². The van der Waals surface area contributed by atoms with Crippen molar-refractivity contribution in [2.45, 2.75) is 11.8 Å². The fourth-order valence-corrected chi connectivity index (χ4v) is 4.23. The quantitative estimate of drug-likeness (QED) is 0.635. The van der Waals surface area contributed by atoms with Gasteiger partial charge in [0.1, 0.15) is 4.90 Å². The van der Waals surface area contributed by atoms with Crippen molar-refractivity contribution in [3.63, 3.8) is 0 Å². The highest BCUT2D eigenvalue weighted by Gasteiger charge is 2.30. The summed E-state index contributed by atoms with van der Waals surface area (Å²) in [7, 11) is -3.89. The Kier molecular flexibility index (Phi) is 5.21. The highest BCUT2D eigenvalue weighted by molar-refractivity contribution is 7.89. The van der Waals surface area contributed by atoms with E-state index in [2.05, 4.69) is 5.32 Å². The molecular weight excluding hydrogens is 358 g/mol. The van der Waals surface area contributed by atoms with Crippen LogP contribution in [0.5, 0.6) is 0 Å². The molecule has 0 unspecified atom stereocenters. The SMILES string of the molecule is Cc1ccc(Nc2ccc([N+](=O)[O-])cc2S(=O)(=O)N2CCOCC2)cc1. The number of hydrogen-bond acceptors (Lipinski definition) is 6. The summed E-state index contributed by atoms with van der Waals surface area (Å²) in [6, 6.07) is 11.2. The monoisotopic (exact) mass is 377 g/mol. The van der Waals surface area contributed by atoms with Crippen LogP contribution in [0.15, 0.2) is 47.4 Å². The normalized spacial score (nSPS) is 15.6. The summed E-state index contributed by atoms with van der Waals surface area (Å²) in [4.78, 5) is 10.4. The van der Waals surface area contributed by atoms with E-state index in [1.807, 2.05) is 31.2 Å². The molecule has 2 aromatic rings. The summed E-state index contributed by atoms with van der Waals surface area (Å²) in [6.07, 6.45) is 0. The van der Waals surface area contributed by atoms with E-state index < -0.39 is 14.9 Å². The Balaban J connectivity index is 2.03. The molecule has 0 aliphatic carbocycles. The van der Waals surface area contributed by atoms with E-state index in [0.29, 0.717) is 24.6 Å². The average molecular weight is 377 g/mol. The van der Waals surface area contributed by atoms with Crippen LogP contribution in [0.1, 0.15) is 5.56 Å². The molecule has 1 aliphatic heterocycles. The van der Waals surface area contributed by atoms with Crippen LogP contribution in [-0.4, -0.2) is 43.9 Å². The Morgan fingerprint density at radius 3 is 2.38 bits per heavy atom. The Bertz CT molecular complexity index is 906. The number of benzene rings is 2. The van der Waals surface area contributed by atoms with Gasteiger partial charge in [-0.25, -0.2) is 8.42 Å². The van der Waals surface area contributed by atoms with E-state index in [9.17, 15) is 18.5 Å². The summed E-state index contributed by atoms with van der Waals surface area (Å²) < 4.78 is 32.6. The second-order valence-electron chi connectivity index (χ2n) is 5.95. The number of morpholine rings is 1. The van der Waals surface area contributed by atoms with E-state index in [1.165, 1.54) is 16.4 Å². The van der Waals surface area contributed by atoms with Crippen molar-refractivity contribution in [2.75, 3.05) is 31.6 Å². The lowest BCUT2D eigenvalue weighted by Crippen LogP contribution is -2.40. The molecule has 0 aromatic heterocycles. The number of nitrogens with one attached hydrogen (secondary N) is 1. The Hall–Kier alpha value is -2.49. The highest BCUT2D eigenvalue weighted by atomic mass is 32.2. The minimum atomic E-state index is -3.89. The Morgan fingerprint density at radius 2 is 1.77 bits per heavy atom. The van der Waals surface area contributed by atoms with Crippen molar-refractivity contribution < 1.29 is 18.1 Å². The van der Waals surface area contributed by atoms with Gasteiger partial charge in [-0.1, -0.05) is 17.7 Å². The number of sulfonamides is 1. The maximum atomic E-state index is 13.0. The van der Waals surface area contributed by atoms with Gasteiger partial charge in [0.2, 0.25) is 10.0 Å². The number of anilines is 2. The van der Waals surface area contributed by atoms with Crippen molar-refractivity contribution in [3.8, 4) is 0 Å². The number of rotatable bonds is 5. The van der Waals surface area contributed by atoms with Gasteiger partial charge in [0.05, 0.1) is 23.8 Å². The summed E-state index contributed by atoms with van der Waals surface area (Å²) in [5.74, 6) is 0. The average Bonchev–Trinajstić information content (AvgIpc) is 2.64. The molecular formula is C17H19N3O5S. The Labute approximate surface area is 151 Å². The molecule has 1 N–H and O–H groups in total. The zero-order valence-corrected chi connectivity index (χ0v) is 15.0. The van der Waals surface area contributed by atoms with Crippen LogP contribution >= 0.6 is 0 Å². The number of nitro benzene ring substituents is 1. The van der Waals surface area contributed by atoms with E-state index in [4.69, 9.17) is 4.74 Å². The molecule has 0 atom stereocenters. The van der Waals surface area contributed by atoms with Crippen LogP contribution in [0.2, 0.25) is 0 Å². The number of nitrogens with zero attached hydrogens (tertiary/aromatic N) is 2. The first-order valence-electron chi connectivity index (χ1n) is 8.08. The van der Waals surface area contributed by atoms with Gasteiger partial charge < -0.3 is 10.1 Å². The first kappa shape index (κ1) is 18.3. The first-order chi connectivity index (χ1) is 12.4. The molecule has 138 valence electrons. The predicted molar refractivity (Wildman–Crippen MR) is 97.1 cm³/mol. The summed E-state index contributed by atoms with van der Waals surface area (Å²) in [5.41, 5.74) is 1.79. The number of aryl methyl sites for hydroxylation is 1. The molecule has 1 saturated heterocycles. The molecule has 0 saturated carbocycles. The van der Waals surface area contributed by atoms with Crippen molar-refractivity contribution in [1.82, 2.24) is 4.31 Å². The molecule has 8 nitrogen and oxygen atoms in total. The second kappa shape index (κ2) is 7.40. The van der Waals surface area contributed by atoms with Gasteiger partial charge in [0.25, 0.3) is 5.69 Å². The fourth-order valence-electron chi connectivity index (χ4n) is 2.66. The zero-order chi connectivity index (χ0) is 18.7. The lowest BCUT2D eigenvalue weighted by molar-refractivity contribution is -0.385. The Morgan fingerprint density at radius 1 is 1.12 bits per heavy atom. The van der Waals surface area contributed by atoms with E-state index in [-0.39, 0.29) is 23.7 Å². The number of ether oxygens (including phenoxy) is 1. The third-order valence-corrected chi connectivity index (χ3v) is 6.03. The van der Waals surface area contributed by atoms with Crippen LogP contribution in [0.3, 0.4) is 0 Å². The molecule has 1 heterocycles. The van der Waals surface area contributed by atoms with Crippen LogP contribution < -0.4 is 5.32 Å². The van der Waals surface area contributed by atoms with E-state index >= 15 is 0 Å². The van der Waals surface area contributed by atoms with Gasteiger partial charge in [-0.3, -0.25) is 10.1 Å². The van der Waals surface area contributed by atoms with Crippen LogP contribution in [0.4, 0.5) is 17.1 Å². The number of hydrogen-bond donors (Lipinski definition) is 1. The van der Waals surface area contributed by atoms with Gasteiger partial charge >= 0.3 is 0 Å². The first-order valence-corrected chi connectivity index (χ1v) is 9.52. The van der Waals surface area contributed by atoms with Crippen molar-refractivity contribution in [3.05, 3.63) is 58.1 Å². The van der Waals surface area contributed by atoms with Crippen LogP contribution in [0, 0.1) is 17.0 Å². The molecule has 2 aromatic carbocycles. The van der Waals surface area contributed by atoms with Crippen LogP contribution in [-0.2, 0) is 14.8 Å². The topological polar surface area (TPSA) is 102 Å². The lowest BCUT2D eigenvalue weighted by atomic mass is 10.2. The largest absolute Gasteiger partial charge is 0.379 e. The molecule has 1 aliphatic rings. The van der Waals surface area contributed by atoms with E-state index in [0.717, 1.165) is 11.6 Å². The summed E-state index contributed by atoms with van der Waals surface area (Å²) in [6.45, 7) is 2.98. The minimum absolute atomic E-state index is 0.117. The smallest absolute Gasteiger partial charge is 0.270 e. The third-order valence-electron chi connectivity index (χ3n) is 4.09. The van der Waals surface area contributed by atoms with Crippen molar-refractivity contribution >= 4 is 27.1 Å². The maximum absolute atomic E-state index is 13.0. The van der Waals surface area contributed by atoms with Crippen molar-refractivity contribution in [2.24, 2.45) is 0 Å². The molecule has 3 rings (SSSR count). The van der Waals surface area contributed by atoms with Gasteiger partial charge in [0, 0.05) is 30.9 Å². The molecule has 0 radical (unpaired) electrons. The number of non-ortho nitro benzene ring substituents is 1. The molecule has 1 fully saturated rings. The van der Waals surface area contributed by atoms with Crippen molar-refractivity contribution in [1.29, 1.82) is 0 Å². The molecule has 9 heteroatoms. The zero-order valence-electron chi connectivity index (χ0n) is 14.2. The third kappa shape index (κ3) is 3.85. The second-order valence-corrected chi connectivity index (χ2v) is 7.85. The number of nitro groups is 1. The molecule has 0 bridgehead atoms. The van der Waals surface area contributed by atoms with Gasteiger partial charge in [-0.15, -0.1) is 0 Å². The van der Waals surface area contributed by atoms with Gasteiger partial charge in [0.15, 0.2) is 0 Å². The highest BCUT2D eigenvalue weighted by Crippen LogP contribution is 2.31. The summed E-state index contributed by atoms with van der Waals surface area (Å²) in [5, 5.41) is 14.2. The predicted octanol–water partition coefficient (Wildman–Crippen LogP) is 2.67. The fraction of sp³-hybridized carbons (Fsp3) is 0.294. The summed E-state index contributed by atoms with van der Waals surface area (Å²) >= 11 is 0. The van der Waals surface area contributed by atoms with Gasteiger partial charge in [-0.05, 0) is 25.1 Å². The maximum Gasteiger partial charge on any atom is 0.270 e. The molecule has 26 heavy (non-hydrogen) atoms. The molecule has 0 amide bonds.